The van der Waals surface area contributed by atoms with Gasteiger partial charge in [0.05, 0.1) is 16.3 Å². The summed E-state index contributed by atoms with van der Waals surface area (Å²) < 4.78 is 1.71. The molecule has 0 bridgehead atoms. The Morgan fingerprint density at radius 3 is 2.74 bits per heavy atom. The number of non-ortho nitro benzene ring substituents is 1. The highest BCUT2D eigenvalue weighted by molar-refractivity contribution is 5.95. The number of carbonyl (C=O) groups is 1. The normalized spacial score (nSPS) is 12.5. The summed E-state index contributed by atoms with van der Waals surface area (Å²) in [5.74, 6) is 0.207. The average Bonchev–Trinajstić information content (AvgIpc) is 2.97. The van der Waals surface area contributed by atoms with Crippen LogP contribution in [0.1, 0.15) is 41.4 Å². The Morgan fingerprint density at radius 1 is 1.26 bits per heavy atom. The fraction of sp³-hybridized carbons (Fsp3) is 0.333. The molecule has 2 N–H and O–H groups in total. The molecule has 0 aliphatic heterocycles. The zero-order valence-corrected chi connectivity index (χ0v) is 17.4. The summed E-state index contributed by atoms with van der Waals surface area (Å²) in [5, 5.41) is 21.3. The van der Waals surface area contributed by atoms with Crippen LogP contribution in [0.15, 0.2) is 30.5 Å². The van der Waals surface area contributed by atoms with Crippen LogP contribution in [-0.4, -0.2) is 37.1 Å². The molecule has 2 aromatic heterocycles. The number of benzene rings is 1. The van der Waals surface area contributed by atoms with Gasteiger partial charge in [-0.05, 0) is 43.4 Å². The minimum absolute atomic E-state index is 0.0156. The largest absolute Gasteiger partial charge is 0.351 e. The van der Waals surface area contributed by atoms with Crippen LogP contribution in [0.3, 0.4) is 0 Å². The quantitative estimate of drug-likeness (QED) is 0.462. The van der Waals surface area contributed by atoms with Gasteiger partial charge in [0, 0.05) is 43.2 Å². The lowest BCUT2D eigenvalue weighted by Gasteiger charge is -2.10. The minimum Gasteiger partial charge on any atom is -0.351 e. The molecular weight excluding hydrogens is 398 g/mol. The topological polar surface area (TPSA) is 128 Å². The first-order chi connectivity index (χ1) is 15.0. The third-order valence-electron chi connectivity index (χ3n) is 5.19. The third kappa shape index (κ3) is 4.09. The predicted octanol–water partition coefficient (Wildman–Crippen LogP) is 3.16. The first-order valence-electron chi connectivity index (χ1n) is 10.2. The van der Waals surface area contributed by atoms with Crippen molar-refractivity contribution in [3.63, 3.8) is 0 Å². The van der Waals surface area contributed by atoms with E-state index >= 15 is 0 Å². The zero-order chi connectivity index (χ0) is 22.0. The summed E-state index contributed by atoms with van der Waals surface area (Å²) in [7, 11) is 1.82. The van der Waals surface area contributed by atoms with E-state index in [1.165, 1.54) is 12.1 Å². The molecule has 4 rings (SSSR count). The number of aryl methyl sites for hydroxylation is 2. The highest BCUT2D eigenvalue weighted by Gasteiger charge is 2.27. The number of rotatable bonds is 6. The molecule has 1 aliphatic carbocycles. The molecule has 0 spiro atoms. The fourth-order valence-electron chi connectivity index (χ4n) is 3.71. The van der Waals surface area contributed by atoms with Gasteiger partial charge in [0.1, 0.15) is 0 Å². The van der Waals surface area contributed by atoms with Crippen LogP contribution in [0.5, 0.6) is 0 Å². The molecule has 2 heterocycles. The van der Waals surface area contributed by atoms with Crippen molar-refractivity contribution in [2.75, 3.05) is 11.9 Å². The number of carbonyl (C=O) groups excluding carboxylic acids is 1. The summed E-state index contributed by atoms with van der Waals surface area (Å²) in [6, 6.07) is 6.07. The van der Waals surface area contributed by atoms with Gasteiger partial charge in [-0.2, -0.15) is 5.10 Å². The van der Waals surface area contributed by atoms with Gasteiger partial charge in [0.25, 0.3) is 11.6 Å². The van der Waals surface area contributed by atoms with E-state index in [1.807, 2.05) is 14.0 Å². The second-order valence-corrected chi connectivity index (χ2v) is 7.41. The highest BCUT2D eigenvalue weighted by atomic mass is 16.6. The summed E-state index contributed by atoms with van der Waals surface area (Å²) >= 11 is 0. The van der Waals surface area contributed by atoms with Crippen molar-refractivity contribution in [1.29, 1.82) is 0 Å². The third-order valence-corrected chi connectivity index (χ3v) is 5.19. The number of nitrogens with one attached hydrogen (secondary N) is 2. The molecule has 10 heteroatoms. The van der Waals surface area contributed by atoms with E-state index in [0.717, 1.165) is 48.2 Å². The number of nitro groups is 1. The zero-order valence-electron chi connectivity index (χ0n) is 17.4. The van der Waals surface area contributed by atoms with Crippen molar-refractivity contribution in [2.24, 2.45) is 7.05 Å². The van der Waals surface area contributed by atoms with Crippen LogP contribution >= 0.6 is 0 Å². The molecule has 0 saturated carbocycles. The molecule has 0 saturated heterocycles. The molecule has 160 valence electrons. The summed E-state index contributed by atoms with van der Waals surface area (Å²) in [6.45, 7) is 2.61. The number of aromatic nitrogens is 4. The smallest absolute Gasteiger partial charge is 0.272 e. The van der Waals surface area contributed by atoms with Crippen LogP contribution < -0.4 is 10.6 Å². The lowest BCUT2D eigenvalue weighted by atomic mass is 10.1. The number of hydrogen-bond acceptors (Lipinski definition) is 7. The summed E-state index contributed by atoms with van der Waals surface area (Å²) in [5.41, 5.74) is 4.57. The summed E-state index contributed by atoms with van der Waals surface area (Å²) in [6.07, 6.45) is 5.05. The molecule has 0 radical (unpaired) electrons. The molecular formula is C21H23N7O3. The SMILES string of the molecule is CCCNC(=O)c1nn(C)c2c1CCCc1cnc(Nc3ccc([N+](=O)[O-])cc3)nc1-2. The summed E-state index contributed by atoms with van der Waals surface area (Å²) in [4.78, 5) is 32.1. The minimum atomic E-state index is -0.444. The predicted molar refractivity (Wildman–Crippen MR) is 115 cm³/mol. The Bertz CT molecular complexity index is 1140. The Balaban J connectivity index is 1.69. The molecule has 1 aliphatic rings. The van der Waals surface area contributed by atoms with Gasteiger partial charge in [-0.3, -0.25) is 19.6 Å². The number of hydrogen-bond donors (Lipinski definition) is 2. The van der Waals surface area contributed by atoms with Crippen LogP contribution in [0.2, 0.25) is 0 Å². The molecule has 31 heavy (non-hydrogen) atoms. The van der Waals surface area contributed by atoms with Gasteiger partial charge in [-0.1, -0.05) is 6.92 Å². The average molecular weight is 421 g/mol. The number of nitrogens with zero attached hydrogens (tertiary/aromatic N) is 5. The van der Waals surface area contributed by atoms with E-state index in [1.54, 1.807) is 23.0 Å². The second kappa shape index (κ2) is 8.50. The molecule has 0 atom stereocenters. The molecule has 1 amide bonds. The Morgan fingerprint density at radius 2 is 2.03 bits per heavy atom. The van der Waals surface area contributed by atoms with Crippen molar-refractivity contribution >= 4 is 23.2 Å². The van der Waals surface area contributed by atoms with Crippen LogP contribution in [0.25, 0.3) is 11.4 Å². The van der Waals surface area contributed by atoms with Crippen LogP contribution in [-0.2, 0) is 19.9 Å². The monoisotopic (exact) mass is 421 g/mol. The lowest BCUT2D eigenvalue weighted by molar-refractivity contribution is -0.384. The maximum Gasteiger partial charge on any atom is 0.272 e. The molecule has 0 fully saturated rings. The lowest BCUT2D eigenvalue weighted by Crippen LogP contribution is -2.25. The van der Waals surface area contributed by atoms with Gasteiger partial charge in [-0.25, -0.2) is 9.97 Å². The standard InChI is InChI=1S/C21H23N7O3/c1-3-11-22-20(29)18-16-6-4-5-13-12-23-21(25-17(13)19(16)27(2)26-18)24-14-7-9-15(10-8-14)28(30)31/h7-10,12H,3-6,11H2,1-2H3,(H,22,29)(H,23,24,25). The molecule has 1 aromatic carbocycles. The van der Waals surface area contributed by atoms with Crippen LogP contribution in [0.4, 0.5) is 17.3 Å². The van der Waals surface area contributed by atoms with E-state index in [0.29, 0.717) is 23.9 Å². The van der Waals surface area contributed by atoms with Gasteiger partial charge < -0.3 is 10.6 Å². The first-order valence-corrected chi connectivity index (χ1v) is 10.2. The van der Waals surface area contributed by atoms with Crippen molar-refractivity contribution in [3.05, 3.63) is 57.4 Å². The van der Waals surface area contributed by atoms with Gasteiger partial charge in [-0.15, -0.1) is 0 Å². The van der Waals surface area contributed by atoms with Gasteiger partial charge >= 0.3 is 0 Å². The molecule has 3 aromatic rings. The number of fused-ring (bicyclic) bond motifs is 3. The Kier molecular flexibility index (Phi) is 5.61. The fourth-order valence-corrected chi connectivity index (χ4v) is 3.71. The van der Waals surface area contributed by atoms with E-state index in [2.05, 4.69) is 20.7 Å². The molecule has 0 unspecified atom stereocenters. The maximum atomic E-state index is 12.6. The highest BCUT2D eigenvalue weighted by Crippen LogP contribution is 2.33. The second-order valence-electron chi connectivity index (χ2n) is 7.41. The van der Waals surface area contributed by atoms with E-state index in [4.69, 9.17) is 4.98 Å². The van der Waals surface area contributed by atoms with Crippen molar-refractivity contribution in [2.45, 2.75) is 32.6 Å². The van der Waals surface area contributed by atoms with Gasteiger partial charge in [0.15, 0.2) is 5.69 Å². The van der Waals surface area contributed by atoms with E-state index in [9.17, 15) is 14.9 Å². The Hall–Kier alpha value is -3.82. The van der Waals surface area contributed by atoms with Crippen molar-refractivity contribution < 1.29 is 9.72 Å². The maximum absolute atomic E-state index is 12.6. The van der Waals surface area contributed by atoms with Crippen molar-refractivity contribution in [3.8, 4) is 11.4 Å². The Labute approximate surface area is 178 Å². The number of amides is 1. The van der Waals surface area contributed by atoms with Crippen LogP contribution in [0, 0.1) is 10.1 Å². The number of nitro benzene ring substituents is 1. The number of anilines is 2. The van der Waals surface area contributed by atoms with E-state index < -0.39 is 4.92 Å². The first kappa shape index (κ1) is 20.5. The van der Waals surface area contributed by atoms with E-state index in [-0.39, 0.29) is 11.6 Å². The molecule has 10 nitrogen and oxygen atoms in total. The van der Waals surface area contributed by atoms with Crippen molar-refractivity contribution in [1.82, 2.24) is 25.1 Å². The van der Waals surface area contributed by atoms with Gasteiger partial charge in [0.2, 0.25) is 5.95 Å².